The minimum atomic E-state index is -0.149. The SMILES string of the molecule is C=CCOc1ccc(/C=N\NC(=O)CSCc2ccccc2Br)cc1OCC. The molecule has 0 heterocycles. The molecule has 0 spiro atoms. The maximum atomic E-state index is 11.9. The number of benzene rings is 2. The molecule has 1 amide bonds. The van der Waals surface area contributed by atoms with E-state index in [9.17, 15) is 4.79 Å². The van der Waals surface area contributed by atoms with Crippen molar-refractivity contribution in [1.82, 2.24) is 5.43 Å². The molecule has 2 aromatic rings. The van der Waals surface area contributed by atoms with Crippen LogP contribution < -0.4 is 14.9 Å². The number of hydrazone groups is 1. The van der Waals surface area contributed by atoms with Crippen LogP contribution in [0.15, 0.2) is 64.7 Å². The van der Waals surface area contributed by atoms with Gasteiger partial charge in [-0.1, -0.05) is 46.8 Å². The Labute approximate surface area is 178 Å². The van der Waals surface area contributed by atoms with Crippen molar-refractivity contribution < 1.29 is 14.3 Å². The lowest BCUT2D eigenvalue weighted by atomic mass is 10.2. The molecule has 148 valence electrons. The molecule has 0 unspecified atom stereocenters. The van der Waals surface area contributed by atoms with Crippen LogP contribution in [0.25, 0.3) is 0 Å². The maximum absolute atomic E-state index is 11.9. The number of nitrogens with one attached hydrogen (secondary N) is 1. The lowest BCUT2D eigenvalue weighted by Crippen LogP contribution is -2.19. The van der Waals surface area contributed by atoms with Gasteiger partial charge in [0.05, 0.1) is 18.6 Å². The number of hydrogen-bond acceptors (Lipinski definition) is 5. The fraction of sp³-hybridized carbons (Fsp3) is 0.238. The van der Waals surface area contributed by atoms with Crippen LogP contribution in [0, 0.1) is 0 Å². The van der Waals surface area contributed by atoms with Crippen LogP contribution in [0.2, 0.25) is 0 Å². The summed E-state index contributed by atoms with van der Waals surface area (Å²) in [6, 6.07) is 13.4. The van der Waals surface area contributed by atoms with Gasteiger partial charge in [-0.2, -0.15) is 5.10 Å². The first-order valence-corrected chi connectivity index (χ1v) is 10.7. The summed E-state index contributed by atoms with van der Waals surface area (Å²) in [4.78, 5) is 11.9. The zero-order valence-corrected chi connectivity index (χ0v) is 18.1. The van der Waals surface area contributed by atoms with Gasteiger partial charge in [0.2, 0.25) is 5.91 Å². The number of amides is 1. The molecule has 0 aliphatic rings. The van der Waals surface area contributed by atoms with Gasteiger partial charge in [-0.3, -0.25) is 4.79 Å². The molecule has 0 radical (unpaired) electrons. The molecule has 0 bridgehead atoms. The van der Waals surface area contributed by atoms with Crippen molar-refractivity contribution in [2.45, 2.75) is 12.7 Å². The van der Waals surface area contributed by atoms with Gasteiger partial charge in [-0.05, 0) is 42.3 Å². The van der Waals surface area contributed by atoms with Crippen molar-refractivity contribution in [3.8, 4) is 11.5 Å². The van der Waals surface area contributed by atoms with Crippen LogP contribution in [0.3, 0.4) is 0 Å². The molecule has 0 saturated heterocycles. The van der Waals surface area contributed by atoms with Crippen LogP contribution in [0.5, 0.6) is 11.5 Å². The van der Waals surface area contributed by atoms with E-state index in [0.29, 0.717) is 30.5 Å². The summed E-state index contributed by atoms with van der Waals surface area (Å²) < 4.78 is 12.2. The Morgan fingerprint density at radius 3 is 2.82 bits per heavy atom. The highest BCUT2D eigenvalue weighted by Crippen LogP contribution is 2.28. The van der Waals surface area contributed by atoms with Crippen molar-refractivity contribution in [2.24, 2.45) is 5.10 Å². The Kier molecular flexibility index (Phi) is 9.65. The van der Waals surface area contributed by atoms with Crippen LogP contribution in [-0.2, 0) is 10.5 Å². The van der Waals surface area contributed by atoms with Gasteiger partial charge in [-0.25, -0.2) is 5.43 Å². The monoisotopic (exact) mass is 462 g/mol. The number of thioether (sulfide) groups is 1. The third-order valence-corrected chi connectivity index (χ3v) is 5.23. The third kappa shape index (κ3) is 7.40. The van der Waals surface area contributed by atoms with Crippen LogP contribution in [-0.4, -0.2) is 31.1 Å². The summed E-state index contributed by atoms with van der Waals surface area (Å²) >= 11 is 5.04. The number of carbonyl (C=O) groups is 1. The Morgan fingerprint density at radius 1 is 1.25 bits per heavy atom. The first-order chi connectivity index (χ1) is 13.6. The van der Waals surface area contributed by atoms with Crippen molar-refractivity contribution in [3.05, 3.63) is 70.7 Å². The Bertz CT molecular complexity index is 827. The largest absolute Gasteiger partial charge is 0.490 e. The van der Waals surface area contributed by atoms with Gasteiger partial charge in [0.15, 0.2) is 11.5 Å². The van der Waals surface area contributed by atoms with Crippen molar-refractivity contribution in [1.29, 1.82) is 0 Å². The Hall–Kier alpha value is -2.25. The summed E-state index contributed by atoms with van der Waals surface area (Å²) in [6.07, 6.45) is 3.26. The summed E-state index contributed by atoms with van der Waals surface area (Å²) in [5.41, 5.74) is 4.50. The standard InChI is InChI=1S/C21H23BrN2O3S/c1-3-11-27-19-10-9-16(12-20(19)26-4-2)13-23-24-21(25)15-28-14-17-7-5-6-8-18(17)22/h3,5-10,12-13H,1,4,11,14-15H2,2H3,(H,24,25)/b23-13-. The number of nitrogens with zero attached hydrogens (tertiary/aromatic N) is 1. The number of ether oxygens (including phenoxy) is 2. The number of hydrogen-bond donors (Lipinski definition) is 1. The fourth-order valence-corrected chi connectivity index (χ4v) is 3.66. The maximum Gasteiger partial charge on any atom is 0.250 e. The van der Waals surface area contributed by atoms with E-state index in [1.54, 1.807) is 12.3 Å². The Morgan fingerprint density at radius 2 is 2.07 bits per heavy atom. The average Bonchev–Trinajstić information content (AvgIpc) is 2.69. The fourth-order valence-electron chi connectivity index (χ4n) is 2.22. The first kappa shape index (κ1) is 22.0. The molecule has 7 heteroatoms. The molecule has 0 aromatic heterocycles. The molecule has 0 aliphatic carbocycles. The van der Waals surface area contributed by atoms with Gasteiger partial charge < -0.3 is 9.47 Å². The molecule has 0 fully saturated rings. The molecular formula is C21H23BrN2O3S. The van der Waals surface area contributed by atoms with Crippen molar-refractivity contribution in [3.63, 3.8) is 0 Å². The predicted octanol–water partition coefficient (Wildman–Crippen LogP) is 4.80. The van der Waals surface area contributed by atoms with Gasteiger partial charge in [0.1, 0.15) is 6.61 Å². The van der Waals surface area contributed by atoms with Gasteiger partial charge >= 0.3 is 0 Å². The van der Waals surface area contributed by atoms with Gasteiger partial charge in [0.25, 0.3) is 0 Å². The molecule has 5 nitrogen and oxygen atoms in total. The lowest BCUT2D eigenvalue weighted by molar-refractivity contribution is -0.118. The molecular weight excluding hydrogens is 440 g/mol. The quantitative estimate of drug-likeness (QED) is 0.296. The average molecular weight is 463 g/mol. The second-order valence-electron chi connectivity index (χ2n) is 5.62. The van der Waals surface area contributed by atoms with Gasteiger partial charge in [-0.15, -0.1) is 11.8 Å². The molecule has 2 aromatic carbocycles. The van der Waals surface area contributed by atoms with Crippen molar-refractivity contribution in [2.75, 3.05) is 19.0 Å². The topological polar surface area (TPSA) is 59.9 Å². The summed E-state index contributed by atoms with van der Waals surface area (Å²) in [7, 11) is 0. The highest BCUT2D eigenvalue weighted by atomic mass is 79.9. The van der Waals surface area contributed by atoms with E-state index in [1.165, 1.54) is 11.8 Å². The zero-order valence-electron chi connectivity index (χ0n) is 15.7. The van der Waals surface area contributed by atoms with E-state index >= 15 is 0 Å². The second kappa shape index (κ2) is 12.3. The molecule has 1 N–H and O–H groups in total. The number of rotatable bonds is 11. The first-order valence-electron chi connectivity index (χ1n) is 8.77. The van der Waals surface area contributed by atoms with E-state index < -0.39 is 0 Å². The molecule has 28 heavy (non-hydrogen) atoms. The highest BCUT2D eigenvalue weighted by molar-refractivity contribution is 9.10. The minimum absolute atomic E-state index is 0.149. The molecule has 0 saturated carbocycles. The highest BCUT2D eigenvalue weighted by Gasteiger charge is 2.06. The lowest BCUT2D eigenvalue weighted by Gasteiger charge is -2.11. The summed E-state index contributed by atoms with van der Waals surface area (Å²) in [5, 5.41) is 4.02. The molecule has 2 rings (SSSR count). The second-order valence-corrected chi connectivity index (χ2v) is 7.46. The summed E-state index contributed by atoms with van der Waals surface area (Å²) in [6.45, 7) is 6.47. The van der Waals surface area contributed by atoms with Crippen LogP contribution in [0.1, 0.15) is 18.1 Å². The van der Waals surface area contributed by atoms with Crippen LogP contribution >= 0.6 is 27.7 Å². The van der Waals surface area contributed by atoms with E-state index in [2.05, 4.69) is 33.0 Å². The third-order valence-electron chi connectivity index (χ3n) is 3.48. The summed E-state index contributed by atoms with van der Waals surface area (Å²) in [5.74, 6) is 2.21. The number of halogens is 1. The normalized spacial score (nSPS) is 10.6. The van der Waals surface area contributed by atoms with Gasteiger partial charge in [0, 0.05) is 10.2 Å². The van der Waals surface area contributed by atoms with E-state index in [4.69, 9.17) is 9.47 Å². The van der Waals surface area contributed by atoms with Crippen molar-refractivity contribution >= 4 is 39.8 Å². The molecule has 0 aliphatic heterocycles. The Balaban J connectivity index is 1.84. The predicted molar refractivity (Wildman–Crippen MR) is 119 cm³/mol. The van der Waals surface area contributed by atoms with E-state index in [-0.39, 0.29) is 5.91 Å². The van der Waals surface area contributed by atoms with Crippen LogP contribution in [0.4, 0.5) is 0 Å². The minimum Gasteiger partial charge on any atom is -0.490 e. The smallest absolute Gasteiger partial charge is 0.250 e. The van der Waals surface area contributed by atoms with E-state index in [1.807, 2.05) is 49.4 Å². The molecule has 0 atom stereocenters. The number of carbonyl (C=O) groups excluding carboxylic acids is 1. The van der Waals surface area contributed by atoms with E-state index in [0.717, 1.165) is 21.4 Å². The zero-order chi connectivity index (χ0) is 20.2.